The molecule has 1 aromatic rings. The van der Waals surface area contributed by atoms with Crippen molar-refractivity contribution in [1.29, 1.82) is 0 Å². The number of esters is 1. The van der Waals surface area contributed by atoms with E-state index in [1.165, 1.54) is 13.3 Å². The molecular formula is C14H15NO3. The second kappa shape index (κ2) is 5.12. The van der Waals surface area contributed by atoms with E-state index < -0.39 is 0 Å². The first kappa shape index (κ1) is 12.5. The number of ether oxygens (including phenoxy) is 1. The zero-order valence-corrected chi connectivity index (χ0v) is 10.5. The van der Waals surface area contributed by atoms with E-state index >= 15 is 0 Å². The third kappa shape index (κ3) is 2.32. The number of hydrogen-bond donors (Lipinski definition) is 0. The predicted molar refractivity (Wildman–Crippen MR) is 68.4 cm³/mol. The molecule has 0 spiro atoms. The van der Waals surface area contributed by atoms with Gasteiger partial charge in [-0.15, -0.1) is 0 Å². The fraction of sp³-hybridized carbons (Fsp3) is 0.357. The van der Waals surface area contributed by atoms with Crippen LogP contribution in [0.1, 0.15) is 30.4 Å². The van der Waals surface area contributed by atoms with Crippen molar-refractivity contribution in [2.75, 3.05) is 7.11 Å². The first-order valence-corrected chi connectivity index (χ1v) is 5.93. The summed E-state index contributed by atoms with van der Waals surface area (Å²) in [6, 6.07) is 5.60. The SMILES string of the molecule is CCC(C(=O)OC)c1ccc2c(c1)CC(=O)C=N2. The molecule has 0 saturated carbocycles. The van der Waals surface area contributed by atoms with Gasteiger partial charge in [-0.2, -0.15) is 0 Å². The van der Waals surface area contributed by atoms with Gasteiger partial charge in [0.05, 0.1) is 24.9 Å². The molecule has 4 nitrogen and oxygen atoms in total. The maximum atomic E-state index is 11.7. The molecule has 0 radical (unpaired) electrons. The van der Waals surface area contributed by atoms with Crippen molar-refractivity contribution in [1.82, 2.24) is 0 Å². The lowest BCUT2D eigenvalue weighted by molar-refractivity contribution is -0.142. The summed E-state index contributed by atoms with van der Waals surface area (Å²) in [6.07, 6.45) is 2.37. The number of ketones is 1. The van der Waals surface area contributed by atoms with E-state index in [0.717, 1.165) is 16.8 Å². The normalized spacial score (nSPS) is 15.1. The number of fused-ring (bicyclic) bond motifs is 1. The van der Waals surface area contributed by atoms with Crippen LogP contribution in [-0.2, 0) is 20.7 Å². The number of hydrogen-bond acceptors (Lipinski definition) is 4. The Morgan fingerprint density at radius 3 is 2.94 bits per heavy atom. The molecule has 0 aliphatic carbocycles. The summed E-state index contributed by atoms with van der Waals surface area (Å²) in [5, 5.41) is 0. The van der Waals surface area contributed by atoms with Crippen molar-refractivity contribution in [2.45, 2.75) is 25.7 Å². The molecule has 1 heterocycles. The van der Waals surface area contributed by atoms with Crippen LogP contribution in [0.15, 0.2) is 23.2 Å². The van der Waals surface area contributed by atoms with Crippen LogP contribution >= 0.6 is 0 Å². The summed E-state index contributed by atoms with van der Waals surface area (Å²) in [7, 11) is 1.39. The first-order valence-electron chi connectivity index (χ1n) is 5.93. The Hall–Kier alpha value is -1.97. The van der Waals surface area contributed by atoms with Crippen LogP contribution in [0.25, 0.3) is 0 Å². The van der Waals surface area contributed by atoms with E-state index in [2.05, 4.69) is 4.99 Å². The van der Waals surface area contributed by atoms with E-state index in [4.69, 9.17) is 4.74 Å². The van der Waals surface area contributed by atoms with Gasteiger partial charge >= 0.3 is 5.97 Å². The highest BCUT2D eigenvalue weighted by Crippen LogP contribution is 2.29. The minimum absolute atomic E-state index is 0.00855. The molecule has 0 amide bonds. The fourth-order valence-corrected chi connectivity index (χ4v) is 2.15. The molecule has 0 fully saturated rings. The van der Waals surface area contributed by atoms with Crippen LogP contribution in [0.5, 0.6) is 0 Å². The van der Waals surface area contributed by atoms with Gasteiger partial charge in [0.2, 0.25) is 0 Å². The number of benzene rings is 1. The molecule has 18 heavy (non-hydrogen) atoms. The molecule has 0 aromatic heterocycles. The van der Waals surface area contributed by atoms with Gasteiger partial charge in [-0.25, -0.2) is 0 Å². The molecule has 4 heteroatoms. The summed E-state index contributed by atoms with van der Waals surface area (Å²) in [4.78, 5) is 27.1. The zero-order valence-electron chi connectivity index (χ0n) is 10.5. The highest BCUT2D eigenvalue weighted by atomic mass is 16.5. The topological polar surface area (TPSA) is 55.7 Å². The van der Waals surface area contributed by atoms with Crippen molar-refractivity contribution in [3.05, 3.63) is 29.3 Å². The maximum Gasteiger partial charge on any atom is 0.313 e. The average Bonchev–Trinajstić information content (AvgIpc) is 2.38. The Bertz CT molecular complexity index is 520. The maximum absolute atomic E-state index is 11.7. The van der Waals surface area contributed by atoms with Crippen molar-refractivity contribution in [3.63, 3.8) is 0 Å². The van der Waals surface area contributed by atoms with Gasteiger partial charge in [0.15, 0.2) is 5.78 Å². The van der Waals surface area contributed by atoms with E-state index in [-0.39, 0.29) is 17.7 Å². The lowest BCUT2D eigenvalue weighted by atomic mass is 9.92. The molecule has 0 saturated heterocycles. The predicted octanol–water partition coefficient (Wildman–Crippen LogP) is 2.18. The van der Waals surface area contributed by atoms with Crippen LogP contribution in [0.2, 0.25) is 0 Å². The van der Waals surface area contributed by atoms with Gasteiger partial charge in [-0.3, -0.25) is 14.6 Å². The molecule has 2 rings (SSSR count). The molecule has 1 aliphatic heterocycles. The van der Waals surface area contributed by atoms with Gasteiger partial charge < -0.3 is 4.74 Å². The molecule has 1 unspecified atom stereocenters. The molecule has 0 N–H and O–H groups in total. The summed E-state index contributed by atoms with van der Waals surface area (Å²) in [5.74, 6) is -0.532. The quantitative estimate of drug-likeness (QED) is 0.767. The molecule has 0 bridgehead atoms. The van der Waals surface area contributed by atoms with E-state index in [1.807, 2.05) is 25.1 Å². The van der Waals surface area contributed by atoms with Crippen molar-refractivity contribution in [3.8, 4) is 0 Å². The Labute approximate surface area is 106 Å². The molecule has 1 aromatic carbocycles. The lowest BCUT2D eigenvalue weighted by Crippen LogP contribution is -2.15. The van der Waals surface area contributed by atoms with Crippen LogP contribution < -0.4 is 0 Å². The third-order valence-electron chi connectivity index (χ3n) is 3.11. The van der Waals surface area contributed by atoms with Crippen LogP contribution in [-0.4, -0.2) is 25.1 Å². The smallest absolute Gasteiger partial charge is 0.313 e. The Morgan fingerprint density at radius 2 is 2.28 bits per heavy atom. The Balaban J connectivity index is 2.36. The Morgan fingerprint density at radius 1 is 1.50 bits per heavy atom. The largest absolute Gasteiger partial charge is 0.469 e. The van der Waals surface area contributed by atoms with Crippen LogP contribution in [0.3, 0.4) is 0 Å². The third-order valence-corrected chi connectivity index (χ3v) is 3.11. The summed E-state index contributed by atoms with van der Waals surface area (Å²) < 4.78 is 4.79. The van der Waals surface area contributed by atoms with Gasteiger partial charge in [-0.05, 0) is 23.6 Å². The number of carbonyl (C=O) groups is 2. The molecule has 1 atom stereocenters. The number of methoxy groups -OCH3 is 1. The summed E-state index contributed by atoms with van der Waals surface area (Å²) in [5.41, 5.74) is 2.56. The highest BCUT2D eigenvalue weighted by molar-refractivity contribution is 6.29. The summed E-state index contributed by atoms with van der Waals surface area (Å²) in [6.45, 7) is 1.93. The van der Waals surface area contributed by atoms with Gasteiger partial charge in [0.25, 0.3) is 0 Å². The lowest BCUT2D eigenvalue weighted by Gasteiger charge is -2.16. The van der Waals surface area contributed by atoms with E-state index in [9.17, 15) is 9.59 Å². The molecule has 1 aliphatic rings. The van der Waals surface area contributed by atoms with Gasteiger partial charge in [0.1, 0.15) is 0 Å². The Kier molecular flexibility index (Phi) is 3.55. The summed E-state index contributed by atoms with van der Waals surface area (Å²) >= 11 is 0. The number of carbonyl (C=O) groups excluding carboxylic acids is 2. The number of nitrogens with zero attached hydrogens (tertiary/aromatic N) is 1. The van der Waals surface area contributed by atoms with Crippen LogP contribution in [0, 0.1) is 0 Å². The molecular weight excluding hydrogens is 230 g/mol. The monoisotopic (exact) mass is 245 g/mol. The minimum Gasteiger partial charge on any atom is -0.469 e. The van der Waals surface area contributed by atoms with Crippen molar-refractivity contribution >= 4 is 23.7 Å². The van der Waals surface area contributed by atoms with E-state index in [0.29, 0.717) is 12.8 Å². The van der Waals surface area contributed by atoms with Crippen molar-refractivity contribution < 1.29 is 14.3 Å². The molecule has 94 valence electrons. The zero-order chi connectivity index (χ0) is 13.1. The minimum atomic E-state index is -0.277. The number of aliphatic imine (C=N–C) groups is 1. The highest BCUT2D eigenvalue weighted by Gasteiger charge is 2.21. The first-order chi connectivity index (χ1) is 8.65. The number of rotatable bonds is 3. The number of Topliss-reactive ketones (excluding diaryl/α,β-unsaturated/α-hetero) is 1. The van der Waals surface area contributed by atoms with Gasteiger partial charge in [-0.1, -0.05) is 19.1 Å². The van der Waals surface area contributed by atoms with Crippen molar-refractivity contribution in [2.24, 2.45) is 4.99 Å². The second-order valence-electron chi connectivity index (χ2n) is 4.27. The standard InChI is InChI=1S/C14H15NO3/c1-3-12(14(17)18-2)9-4-5-13-10(6-9)7-11(16)8-15-13/h4-6,8,12H,3,7H2,1-2H3. The van der Waals surface area contributed by atoms with Gasteiger partial charge in [0, 0.05) is 6.42 Å². The van der Waals surface area contributed by atoms with E-state index in [1.54, 1.807) is 0 Å². The fourth-order valence-electron chi connectivity index (χ4n) is 2.15. The second-order valence-corrected chi connectivity index (χ2v) is 4.27. The van der Waals surface area contributed by atoms with Crippen LogP contribution in [0.4, 0.5) is 5.69 Å². The average molecular weight is 245 g/mol.